The molecule has 0 fully saturated rings. The average molecular weight is 254 g/mol. The van der Waals surface area contributed by atoms with Crippen LogP contribution in [0.4, 0.5) is 0 Å². The molecule has 0 aliphatic rings. The molecule has 4 nitrogen and oxygen atoms in total. The predicted molar refractivity (Wildman–Crippen MR) is 66.4 cm³/mol. The fraction of sp³-hybridized carbons (Fsp3) is 0.250. The molecule has 0 N–H and O–H groups in total. The average Bonchev–Trinajstić information content (AvgIpc) is 2.35. The van der Waals surface area contributed by atoms with Crippen molar-refractivity contribution in [2.45, 2.75) is 0 Å². The maximum absolute atomic E-state index is 5.86. The first-order valence-corrected chi connectivity index (χ1v) is 5.33. The Morgan fingerprint density at radius 3 is 2.29 bits per heavy atom. The van der Waals surface area contributed by atoms with Gasteiger partial charge in [-0.2, -0.15) is 0 Å². The minimum atomic E-state index is 0.423. The van der Waals surface area contributed by atoms with E-state index in [-0.39, 0.29) is 0 Å². The second-order valence-corrected chi connectivity index (χ2v) is 3.76. The van der Waals surface area contributed by atoms with Crippen LogP contribution in [0, 0.1) is 0 Å². The Bertz CT molecular complexity index is 557. The Hall–Kier alpha value is -1.68. The summed E-state index contributed by atoms with van der Waals surface area (Å²) in [5.41, 5.74) is 0. The lowest BCUT2D eigenvalue weighted by Gasteiger charge is -2.14. The Morgan fingerprint density at radius 1 is 1.00 bits per heavy atom. The zero-order chi connectivity index (χ0) is 12.4. The first-order valence-electron chi connectivity index (χ1n) is 4.95. The van der Waals surface area contributed by atoms with Gasteiger partial charge >= 0.3 is 0 Å². The largest absolute Gasteiger partial charge is 0.493 e. The van der Waals surface area contributed by atoms with Gasteiger partial charge in [0, 0.05) is 11.6 Å². The fourth-order valence-electron chi connectivity index (χ4n) is 1.74. The van der Waals surface area contributed by atoms with Crippen LogP contribution < -0.4 is 14.2 Å². The highest BCUT2D eigenvalue weighted by Gasteiger charge is 2.16. The number of fused-ring (bicyclic) bond motifs is 1. The van der Waals surface area contributed by atoms with E-state index >= 15 is 0 Å². The lowest BCUT2D eigenvalue weighted by atomic mass is 10.1. The van der Waals surface area contributed by atoms with Crippen molar-refractivity contribution in [1.82, 2.24) is 4.98 Å². The smallest absolute Gasteiger partial charge is 0.204 e. The van der Waals surface area contributed by atoms with Gasteiger partial charge in [-0.1, -0.05) is 11.6 Å². The van der Waals surface area contributed by atoms with Gasteiger partial charge < -0.3 is 14.2 Å². The number of hydrogen-bond donors (Lipinski definition) is 0. The number of pyridine rings is 1. The molecular weight excluding hydrogens is 242 g/mol. The molecule has 90 valence electrons. The van der Waals surface area contributed by atoms with Crippen LogP contribution in [0.5, 0.6) is 17.2 Å². The molecule has 0 amide bonds. The first-order chi connectivity index (χ1) is 8.21. The van der Waals surface area contributed by atoms with E-state index in [1.807, 2.05) is 6.07 Å². The summed E-state index contributed by atoms with van der Waals surface area (Å²) < 4.78 is 15.9. The molecule has 0 unspecified atom stereocenters. The number of hydrogen-bond acceptors (Lipinski definition) is 4. The molecule has 0 aliphatic carbocycles. The van der Waals surface area contributed by atoms with Crippen LogP contribution in [0.3, 0.4) is 0 Å². The lowest BCUT2D eigenvalue weighted by Crippen LogP contribution is -1.96. The Balaban J connectivity index is 2.83. The van der Waals surface area contributed by atoms with Crippen molar-refractivity contribution in [2.24, 2.45) is 0 Å². The van der Waals surface area contributed by atoms with Crippen molar-refractivity contribution in [1.29, 1.82) is 0 Å². The quantitative estimate of drug-likeness (QED) is 0.789. The molecule has 0 saturated heterocycles. The normalized spacial score (nSPS) is 10.4. The minimum Gasteiger partial charge on any atom is -0.493 e. The molecule has 1 aromatic heterocycles. The van der Waals surface area contributed by atoms with Gasteiger partial charge in [-0.25, -0.2) is 4.98 Å². The molecule has 17 heavy (non-hydrogen) atoms. The molecule has 0 saturated carbocycles. The van der Waals surface area contributed by atoms with E-state index < -0.39 is 0 Å². The zero-order valence-electron chi connectivity index (χ0n) is 9.78. The Kier molecular flexibility index (Phi) is 3.24. The van der Waals surface area contributed by atoms with Gasteiger partial charge in [-0.05, 0) is 17.5 Å². The molecule has 0 spiro atoms. The summed E-state index contributed by atoms with van der Waals surface area (Å²) in [4.78, 5) is 4.04. The van der Waals surface area contributed by atoms with Crippen LogP contribution in [0.2, 0.25) is 5.15 Å². The van der Waals surface area contributed by atoms with Crippen molar-refractivity contribution in [2.75, 3.05) is 21.3 Å². The van der Waals surface area contributed by atoms with Gasteiger partial charge in [0.1, 0.15) is 5.15 Å². The van der Waals surface area contributed by atoms with E-state index in [1.54, 1.807) is 33.6 Å². The van der Waals surface area contributed by atoms with Crippen LogP contribution in [0.15, 0.2) is 18.3 Å². The highest BCUT2D eigenvalue weighted by atomic mass is 35.5. The minimum absolute atomic E-state index is 0.423. The predicted octanol–water partition coefficient (Wildman–Crippen LogP) is 2.91. The number of methoxy groups -OCH3 is 3. The van der Waals surface area contributed by atoms with Crippen molar-refractivity contribution in [3.8, 4) is 17.2 Å². The van der Waals surface area contributed by atoms with Gasteiger partial charge in [0.2, 0.25) is 5.75 Å². The molecule has 2 rings (SSSR count). The molecule has 0 bridgehead atoms. The van der Waals surface area contributed by atoms with E-state index in [1.165, 1.54) is 0 Å². The molecule has 0 atom stereocenters. The van der Waals surface area contributed by atoms with Crippen molar-refractivity contribution in [3.05, 3.63) is 23.5 Å². The highest BCUT2D eigenvalue weighted by molar-refractivity contribution is 6.30. The summed E-state index contributed by atoms with van der Waals surface area (Å²) in [5.74, 6) is 1.73. The van der Waals surface area contributed by atoms with Crippen LogP contribution in [0.1, 0.15) is 0 Å². The third kappa shape index (κ3) is 1.96. The summed E-state index contributed by atoms with van der Waals surface area (Å²) in [7, 11) is 4.72. The molecule has 1 aromatic carbocycles. The summed E-state index contributed by atoms with van der Waals surface area (Å²) >= 11 is 5.86. The van der Waals surface area contributed by atoms with Crippen LogP contribution in [-0.4, -0.2) is 26.3 Å². The Labute approximate surface area is 104 Å². The van der Waals surface area contributed by atoms with E-state index in [2.05, 4.69) is 4.98 Å². The van der Waals surface area contributed by atoms with Crippen LogP contribution in [0.25, 0.3) is 10.8 Å². The molecule has 1 heterocycles. The summed E-state index contributed by atoms with van der Waals surface area (Å²) in [6.07, 6.45) is 1.65. The number of halogens is 1. The second-order valence-electron chi connectivity index (χ2n) is 3.37. The molecular formula is C12H12ClNO3. The van der Waals surface area contributed by atoms with Crippen molar-refractivity contribution in [3.63, 3.8) is 0 Å². The number of rotatable bonds is 3. The molecule has 0 aliphatic heterocycles. The van der Waals surface area contributed by atoms with Crippen LogP contribution >= 0.6 is 11.6 Å². The lowest BCUT2D eigenvalue weighted by molar-refractivity contribution is 0.327. The fourth-order valence-corrected chi connectivity index (χ4v) is 1.91. The maximum atomic E-state index is 5.86. The molecule has 0 radical (unpaired) electrons. The second kappa shape index (κ2) is 4.67. The monoisotopic (exact) mass is 253 g/mol. The van der Waals surface area contributed by atoms with Gasteiger partial charge in [0.15, 0.2) is 11.5 Å². The topological polar surface area (TPSA) is 40.6 Å². The van der Waals surface area contributed by atoms with Crippen molar-refractivity contribution >= 4 is 22.4 Å². The highest BCUT2D eigenvalue weighted by Crippen LogP contribution is 2.43. The Morgan fingerprint density at radius 2 is 1.71 bits per heavy atom. The van der Waals surface area contributed by atoms with Gasteiger partial charge in [-0.3, -0.25) is 0 Å². The number of aromatic nitrogens is 1. The zero-order valence-corrected chi connectivity index (χ0v) is 10.5. The van der Waals surface area contributed by atoms with Gasteiger partial charge in [-0.15, -0.1) is 0 Å². The van der Waals surface area contributed by atoms with E-state index in [9.17, 15) is 0 Å². The third-order valence-corrected chi connectivity index (χ3v) is 2.70. The third-order valence-electron chi connectivity index (χ3n) is 2.49. The first kappa shape index (κ1) is 11.8. The molecule has 2 aromatic rings. The van der Waals surface area contributed by atoms with Gasteiger partial charge in [0.25, 0.3) is 0 Å². The number of benzene rings is 1. The standard InChI is InChI=1S/C12H12ClNO3/c1-15-9-4-7-5-10(13)14-6-8(7)11(16-2)12(9)17-3/h4-6H,1-3H3. The van der Waals surface area contributed by atoms with Gasteiger partial charge in [0.05, 0.1) is 21.3 Å². The SMILES string of the molecule is COc1cc2cc(Cl)ncc2c(OC)c1OC. The van der Waals surface area contributed by atoms with E-state index in [4.69, 9.17) is 25.8 Å². The molecule has 5 heteroatoms. The summed E-state index contributed by atoms with van der Waals surface area (Å²) in [5, 5.41) is 2.14. The van der Waals surface area contributed by atoms with E-state index in [0.717, 1.165) is 10.8 Å². The van der Waals surface area contributed by atoms with Crippen molar-refractivity contribution < 1.29 is 14.2 Å². The number of ether oxygens (including phenoxy) is 3. The summed E-state index contributed by atoms with van der Waals surface area (Å²) in [6, 6.07) is 3.59. The summed E-state index contributed by atoms with van der Waals surface area (Å²) in [6.45, 7) is 0. The van der Waals surface area contributed by atoms with E-state index in [0.29, 0.717) is 22.4 Å². The maximum Gasteiger partial charge on any atom is 0.204 e. The number of nitrogens with zero attached hydrogens (tertiary/aromatic N) is 1. The van der Waals surface area contributed by atoms with Crippen LogP contribution in [-0.2, 0) is 0 Å².